The zero-order chi connectivity index (χ0) is 13.8. The van der Waals surface area contributed by atoms with Crippen LogP contribution >= 0.6 is 23.4 Å². The molecular formula is C14H18ClFN2S. The number of aliphatic imine (C=N–C) groups is 1. The number of nitrogens with zero attached hydrogens (tertiary/aromatic N) is 1. The van der Waals surface area contributed by atoms with Crippen LogP contribution in [-0.2, 0) is 0 Å². The van der Waals surface area contributed by atoms with Gasteiger partial charge in [0.15, 0.2) is 11.0 Å². The topological polar surface area (TPSA) is 24.4 Å². The summed E-state index contributed by atoms with van der Waals surface area (Å²) in [5.41, 5.74) is 0.393. The van der Waals surface area contributed by atoms with Crippen LogP contribution in [0.15, 0.2) is 23.2 Å². The summed E-state index contributed by atoms with van der Waals surface area (Å²) in [5.74, 6) is 0.246. The number of thioether (sulfide) groups is 1. The molecule has 0 aliphatic carbocycles. The van der Waals surface area contributed by atoms with E-state index in [1.54, 1.807) is 30.0 Å². The summed E-state index contributed by atoms with van der Waals surface area (Å²) in [5, 5.41) is 4.46. The average molecular weight is 301 g/mol. The third kappa shape index (κ3) is 3.42. The molecule has 0 spiro atoms. The Morgan fingerprint density at radius 1 is 1.47 bits per heavy atom. The zero-order valence-electron chi connectivity index (χ0n) is 11.1. The van der Waals surface area contributed by atoms with Crippen molar-refractivity contribution in [2.75, 3.05) is 11.9 Å². The lowest BCUT2D eigenvalue weighted by Crippen LogP contribution is -2.17. The molecule has 5 heteroatoms. The molecule has 2 rings (SSSR count). The van der Waals surface area contributed by atoms with E-state index in [1.165, 1.54) is 0 Å². The fourth-order valence-corrected chi connectivity index (χ4v) is 3.74. The van der Waals surface area contributed by atoms with E-state index in [1.807, 2.05) is 0 Å². The first kappa shape index (κ1) is 14.7. The van der Waals surface area contributed by atoms with Gasteiger partial charge in [-0.3, -0.25) is 4.99 Å². The van der Waals surface area contributed by atoms with Gasteiger partial charge < -0.3 is 5.32 Å². The summed E-state index contributed by atoms with van der Waals surface area (Å²) in [6.45, 7) is 5.22. The van der Waals surface area contributed by atoms with Crippen LogP contribution in [0.2, 0.25) is 5.02 Å². The fourth-order valence-electron chi connectivity index (χ4n) is 2.24. The van der Waals surface area contributed by atoms with Crippen molar-refractivity contribution in [2.45, 2.75) is 31.9 Å². The lowest BCUT2D eigenvalue weighted by molar-refractivity contribution is 0.479. The molecule has 1 heterocycles. The summed E-state index contributed by atoms with van der Waals surface area (Å²) < 4.78 is 13.8. The Morgan fingerprint density at radius 3 is 2.89 bits per heavy atom. The number of hydrogen-bond acceptors (Lipinski definition) is 3. The number of halogens is 2. The third-order valence-corrected chi connectivity index (χ3v) is 5.03. The predicted octanol–water partition coefficient (Wildman–Crippen LogP) is 4.80. The van der Waals surface area contributed by atoms with Crippen molar-refractivity contribution < 1.29 is 4.39 Å². The van der Waals surface area contributed by atoms with Crippen molar-refractivity contribution in [3.05, 3.63) is 29.0 Å². The highest BCUT2D eigenvalue weighted by Crippen LogP contribution is 2.32. The molecule has 1 aliphatic heterocycles. The molecule has 0 aromatic heterocycles. The molecule has 19 heavy (non-hydrogen) atoms. The van der Waals surface area contributed by atoms with E-state index in [-0.39, 0.29) is 5.02 Å². The maximum absolute atomic E-state index is 13.8. The van der Waals surface area contributed by atoms with Crippen LogP contribution in [0, 0.1) is 11.7 Å². The molecule has 1 unspecified atom stereocenters. The number of nitrogens with one attached hydrogen (secondary N) is 1. The van der Waals surface area contributed by atoms with Gasteiger partial charge in [-0.25, -0.2) is 4.39 Å². The van der Waals surface area contributed by atoms with Crippen molar-refractivity contribution in [2.24, 2.45) is 10.9 Å². The van der Waals surface area contributed by atoms with E-state index in [0.717, 1.165) is 24.6 Å². The maximum Gasteiger partial charge on any atom is 0.165 e. The molecule has 0 radical (unpaired) electrons. The van der Waals surface area contributed by atoms with Gasteiger partial charge in [0.05, 0.1) is 17.3 Å². The quantitative estimate of drug-likeness (QED) is 0.864. The van der Waals surface area contributed by atoms with Gasteiger partial charge in [0.25, 0.3) is 0 Å². The van der Waals surface area contributed by atoms with E-state index in [4.69, 9.17) is 11.6 Å². The predicted molar refractivity (Wildman–Crippen MR) is 82.8 cm³/mol. The van der Waals surface area contributed by atoms with Gasteiger partial charge in [-0.1, -0.05) is 56.1 Å². The number of amidine groups is 1. The number of hydrogen-bond donors (Lipinski definition) is 1. The maximum atomic E-state index is 13.8. The molecule has 1 aromatic rings. The van der Waals surface area contributed by atoms with E-state index < -0.39 is 5.82 Å². The SMILES string of the molecule is CCC(CC)C1CN=C(Nc2cccc(Cl)c2F)S1. The normalized spacial score (nSPS) is 18.8. The smallest absolute Gasteiger partial charge is 0.165 e. The second-order valence-corrected chi connectivity index (χ2v) is 6.24. The summed E-state index contributed by atoms with van der Waals surface area (Å²) >= 11 is 7.47. The zero-order valence-corrected chi connectivity index (χ0v) is 12.7. The van der Waals surface area contributed by atoms with Crippen LogP contribution in [0.5, 0.6) is 0 Å². The minimum atomic E-state index is -0.418. The summed E-state index contributed by atoms with van der Waals surface area (Å²) in [7, 11) is 0. The van der Waals surface area contributed by atoms with Gasteiger partial charge in [0.2, 0.25) is 0 Å². The summed E-state index contributed by atoms with van der Waals surface area (Å²) in [6.07, 6.45) is 2.31. The Hall–Kier alpha value is -0.740. The first-order valence-corrected chi connectivity index (χ1v) is 7.83. The van der Waals surface area contributed by atoms with Crippen molar-refractivity contribution >= 4 is 34.2 Å². The highest BCUT2D eigenvalue weighted by Gasteiger charge is 2.26. The molecular weight excluding hydrogens is 283 g/mol. The molecule has 1 N–H and O–H groups in total. The highest BCUT2D eigenvalue weighted by atomic mass is 35.5. The molecule has 1 aromatic carbocycles. The van der Waals surface area contributed by atoms with Crippen molar-refractivity contribution in [1.29, 1.82) is 0 Å². The Balaban J connectivity index is 2.00. The number of anilines is 1. The number of rotatable bonds is 4. The minimum absolute atomic E-state index is 0.130. The molecule has 0 fully saturated rings. The molecule has 2 nitrogen and oxygen atoms in total. The first-order chi connectivity index (χ1) is 9.15. The fraction of sp³-hybridized carbons (Fsp3) is 0.500. The van der Waals surface area contributed by atoms with Crippen LogP contribution in [-0.4, -0.2) is 17.0 Å². The molecule has 0 bridgehead atoms. The van der Waals surface area contributed by atoms with Crippen LogP contribution in [0.25, 0.3) is 0 Å². The lowest BCUT2D eigenvalue weighted by Gasteiger charge is -2.18. The summed E-state index contributed by atoms with van der Waals surface area (Å²) in [4.78, 5) is 4.46. The molecule has 1 aliphatic rings. The monoisotopic (exact) mass is 300 g/mol. The molecule has 0 saturated heterocycles. The van der Waals surface area contributed by atoms with E-state index in [9.17, 15) is 4.39 Å². The molecule has 0 amide bonds. The Labute approximate surface area is 122 Å². The van der Waals surface area contributed by atoms with Crippen molar-refractivity contribution in [3.63, 3.8) is 0 Å². The lowest BCUT2D eigenvalue weighted by atomic mass is 9.99. The Morgan fingerprint density at radius 2 is 2.21 bits per heavy atom. The van der Waals surface area contributed by atoms with Gasteiger partial charge in [0, 0.05) is 5.25 Å². The van der Waals surface area contributed by atoms with Crippen LogP contribution in [0.3, 0.4) is 0 Å². The second kappa shape index (κ2) is 6.62. The van der Waals surface area contributed by atoms with E-state index in [2.05, 4.69) is 24.2 Å². The molecule has 1 atom stereocenters. The standard InChI is InChI=1S/C14H18ClFN2S/c1-3-9(4-2)12-8-17-14(19-12)18-11-7-5-6-10(15)13(11)16/h5-7,9,12H,3-4,8H2,1-2H3,(H,17,18). The highest BCUT2D eigenvalue weighted by molar-refractivity contribution is 8.15. The van der Waals surface area contributed by atoms with Gasteiger partial charge in [-0.05, 0) is 18.1 Å². The average Bonchev–Trinajstić information content (AvgIpc) is 2.85. The van der Waals surface area contributed by atoms with Crippen LogP contribution < -0.4 is 5.32 Å². The van der Waals surface area contributed by atoms with E-state index >= 15 is 0 Å². The van der Waals surface area contributed by atoms with Crippen LogP contribution in [0.1, 0.15) is 26.7 Å². The second-order valence-electron chi connectivity index (χ2n) is 4.61. The van der Waals surface area contributed by atoms with Gasteiger partial charge in [0.1, 0.15) is 0 Å². The van der Waals surface area contributed by atoms with Crippen molar-refractivity contribution in [3.8, 4) is 0 Å². The Bertz CT molecular complexity index is 475. The van der Waals surface area contributed by atoms with E-state index in [0.29, 0.717) is 16.9 Å². The summed E-state index contributed by atoms with van der Waals surface area (Å²) in [6, 6.07) is 4.94. The molecule has 0 saturated carbocycles. The van der Waals surface area contributed by atoms with Crippen molar-refractivity contribution in [1.82, 2.24) is 0 Å². The minimum Gasteiger partial charge on any atom is -0.333 e. The Kier molecular flexibility index (Phi) is 5.11. The van der Waals surface area contributed by atoms with Crippen LogP contribution in [0.4, 0.5) is 10.1 Å². The number of benzene rings is 1. The third-order valence-electron chi connectivity index (χ3n) is 3.45. The van der Waals surface area contributed by atoms with Gasteiger partial charge in [-0.2, -0.15) is 0 Å². The van der Waals surface area contributed by atoms with Gasteiger partial charge in [-0.15, -0.1) is 0 Å². The largest absolute Gasteiger partial charge is 0.333 e. The first-order valence-electron chi connectivity index (χ1n) is 6.57. The van der Waals surface area contributed by atoms with Gasteiger partial charge >= 0.3 is 0 Å². The molecule has 104 valence electrons.